The summed E-state index contributed by atoms with van der Waals surface area (Å²) >= 11 is 0. The molecule has 0 aliphatic heterocycles. The molecule has 0 amide bonds. The molecule has 0 aromatic carbocycles. The first kappa shape index (κ1) is 10.4. The van der Waals surface area contributed by atoms with E-state index in [0.29, 0.717) is 0 Å². The minimum atomic E-state index is -1.89. The van der Waals surface area contributed by atoms with Crippen LogP contribution in [0.15, 0.2) is 0 Å². The molecule has 4 atom stereocenters. The molecule has 13 heavy (non-hydrogen) atoms. The molecule has 5 nitrogen and oxygen atoms in total. The SMILES string of the molecule is CC1C[C@](O)(C(=O)O)CC(O)[C@H]1O. The van der Waals surface area contributed by atoms with Gasteiger partial charge in [0, 0.05) is 6.42 Å². The van der Waals surface area contributed by atoms with Crippen LogP contribution in [-0.2, 0) is 4.79 Å². The lowest BCUT2D eigenvalue weighted by atomic mass is 9.75. The highest BCUT2D eigenvalue weighted by atomic mass is 16.4. The second kappa shape index (κ2) is 3.25. The molecule has 76 valence electrons. The van der Waals surface area contributed by atoms with Crippen molar-refractivity contribution in [1.29, 1.82) is 0 Å². The Morgan fingerprint density at radius 2 is 1.92 bits per heavy atom. The quantitative estimate of drug-likeness (QED) is 0.423. The van der Waals surface area contributed by atoms with Gasteiger partial charge in [-0.2, -0.15) is 0 Å². The van der Waals surface area contributed by atoms with E-state index in [0.717, 1.165) is 0 Å². The van der Waals surface area contributed by atoms with E-state index >= 15 is 0 Å². The largest absolute Gasteiger partial charge is 0.479 e. The van der Waals surface area contributed by atoms with Crippen LogP contribution in [0, 0.1) is 5.92 Å². The molecule has 0 aromatic rings. The summed E-state index contributed by atoms with van der Waals surface area (Å²) in [4.78, 5) is 10.6. The molecule has 5 heteroatoms. The lowest BCUT2D eigenvalue weighted by Gasteiger charge is -2.38. The van der Waals surface area contributed by atoms with Gasteiger partial charge in [-0.15, -0.1) is 0 Å². The number of aliphatic hydroxyl groups excluding tert-OH is 2. The van der Waals surface area contributed by atoms with Crippen molar-refractivity contribution in [1.82, 2.24) is 0 Å². The van der Waals surface area contributed by atoms with Gasteiger partial charge >= 0.3 is 5.97 Å². The maximum atomic E-state index is 10.6. The third kappa shape index (κ3) is 1.82. The van der Waals surface area contributed by atoms with Gasteiger partial charge in [-0.25, -0.2) is 4.79 Å². The zero-order valence-corrected chi connectivity index (χ0v) is 7.34. The fourth-order valence-electron chi connectivity index (χ4n) is 1.76. The van der Waals surface area contributed by atoms with E-state index in [2.05, 4.69) is 0 Å². The molecular weight excluding hydrogens is 176 g/mol. The molecular formula is C8H14O5. The highest BCUT2D eigenvalue weighted by molar-refractivity contribution is 5.77. The van der Waals surface area contributed by atoms with Crippen molar-refractivity contribution in [2.45, 2.75) is 37.6 Å². The number of aliphatic carboxylic acids is 1. The van der Waals surface area contributed by atoms with E-state index in [1.165, 1.54) is 0 Å². The zero-order chi connectivity index (χ0) is 10.2. The van der Waals surface area contributed by atoms with Gasteiger partial charge in [0.05, 0.1) is 12.2 Å². The van der Waals surface area contributed by atoms with Gasteiger partial charge in [-0.05, 0) is 12.3 Å². The van der Waals surface area contributed by atoms with Crippen LogP contribution in [0.1, 0.15) is 19.8 Å². The van der Waals surface area contributed by atoms with Crippen molar-refractivity contribution in [3.63, 3.8) is 0 Å². The highest BCUT2D eigenvalue weighted by Crippen LogP contribution is 2.32. The van der Waals surface area contributed by atoms with Crippen molar-refractivity contribution in [3.05, 3.63) is 0 Å². The van der Waals surface area contributed by atoms with Gasteiger partial charge in [0.2, 0.25) is 0 Å². The summed E-state index contributed by atoms with van der Waals surface area (Å²) in [6.07, 6.45) is -2.45. The summed E-state index contributed by atoms with van der Waals surface area (Å²) in [6.45, 7) is 1.60. The fourth-order valence-corrected chi connectivity index (χ4v) is 1.76. The Balaban J connectivity index is 2.79. The van der Waals surface area contributed by atoms with Crippen molar-refractivity contribution in [2.24, 2.45) is 5.92 Å². The number of carboxylic acids is 1. The van der Waals surface area contributed by atoms with Crippen molar-refractivity contribution >= 4 is 5.97 Å². The summed E-state index contributed by atoms with van der Waals surface area (Å²) in [5, 5.41) is 36.8. The predicted molar refractivity (Wildman–Crippen MR) is 43.0 cm³/mol. The second-order valence-electron chi connectivity index (χ2n) is 3.78. The van der Waals surface area contributed by atoms with Crippen LogP contribution in [0.25, 0.3) is 0 Å². The summed E-state index contributed by atoms with van der Waals surface area (Å²) in [6, 6.07) is 0. The topological polar surface area (TPSA) is 98.0 Å². The van der Waals surface area contributed by atoms with Crippen LogP contribution in [0.3, 0.4) is 0 Å². The Morgan fingerprint density at radius 1 is 1.38 bits per heavy atom. The molecule has 1 saturated carbocycles. The van der Waals surface area contributed by atoms with E-state index in [4.69, 9.17) is 5.11 Å². The van der Waals surface area contributed by atoms with Gasteiger partial charge in [-0.3, -0.25) is 0 Å². The molecule has 0 heterocycles. The van der Waals surface area contributed by atoms with E-state index in [1.807, 2.05) is 0 Å². The second-order valence-corrected chi connectivity index (χ2v) is 3.78. The van der Waals surface area contributed by atoms with Crippen LogP contribution in [-0.4, -0.2) is 44.2 Å². The third-order valence-corrected chi connectivity index (χ3v) is 2.58. The Morgan fingerprint density at radius 3 is 2.31 bits per heavy atom. The van der Waals surface area contributed by atoms with Crippen LogP contribution in [0.2, 0.25) is 0 Å². The van der Waals surface area contributed by atoms with E-state index in [9.17, 15) is 20.1 Å². The van der Waals surface area contributed by atoms with Gasteiger partial charge < -0.3 is 20.4 Å². The molecule has 0 spiro atoms. The van der Waals surface area contributed by atoms with Crippen LogP contribution in [0.4, 0.5) is 0 Å². The van der Waals surface area contributed by atoms with Crippen molar-refractivity contribution in [2.75, 3.05) is 0 Å². The average molecular weight is 190 g/mol. The van der Waals surface area contributed by atoms with Gasteiger partial charge in [0.1, 0.15) is 0 Å². The Bertz CT molecular complexity index is 203. The molecule has 1 aliphatic rings. The molecule has 4 N–H and O–H groups in total. The number of hydrogen-bond acceptors (Lipinski definition) is 4. The van der Waals surface area contributed by atoms with Crippen LogP contribution in [0.5, 0.6) is 0 Å². The number of hydrogen-bond donors (Lipinski definition) is 4. The number of aliphatic hydroxyl groups is 3. The maximum absolute atomic E-state index is 10.6. The van der Waals surface area contributed by atoms with Crippen molar-refractivity contribution in [3.8, 4) is 0 Å². The molecule has 0 saturated heterocycles. The molecule has 0 bridgehead atoms. The monoisotopic (exact) mass is 190 g/mol. The van der Waals surface area contributed by atoms with Gasteiger partial charge in [0.25, 0.3) is 0 Å². The number of carbonyl (C=O) groups is 1. The first-order chi connectivity index (χ1) is 5.87. The number of carboxylic acid groups (broad SMARTS) is 1. The Kier molecular flexibility index (Phi) is 2.61. The zero-order valence-electron chi connectivity index (χ0n) is 7.34. The summed E-state index contributed by atoms with van der Waals surface area (Å²) < 4.78 is 0. The molecule has 0 radical (unpaired) electrons. The molecule has 0 aromatic heterocycles. The Labute approximate surface area is 75.6 Å². The van der Waals surface area contributed by atoms with E-state index in [-0.39, 0.29) is 12.8 Å². The summed E-state index contributed by atoms with van der Waals surface area (Å²) in [5.74, 6) is -1.75. The number of rotatable bonds is 1. The predicted octanol–water partition coefficient (Wildman–Crippen LogP) is -1.05. The van der Waals surface area contributed by atoms with Gasteiger partial charge in [0.15, 0.2) is 5.60 Å². The third-order valence-electron chi connectivity index (χ3n) is 2.58. The molecule has 1 fully saturated rings. The van der Waals surface area contributed by atoms with Crippen molar-refractivity contribution < 1.29 is 25.2 Å². The minimum absolute atomic E-state index is 0.0272. The minimum Gasteiger partial charge on any atom is -0.479 e. The maximum Gasteiger partial charge on any atom is 0.335 e. The summed E-state index contributed by atoms with van der Waals surface area (Å²) in [5.41, 5.74) is -1.89. The molecule has 1 rings (SSSR count). The smallest absolute Gasteiger partial charge is 0.335 e. The summed E-state index contributed by atoms with van der Waals surface area (Å²) in [7, 11) is 0. The van der Waals surface area contributed by atoms with E-state index < -0.39 is 29.7 Å². The lowest BCUT2D eigenvalue weighted by molar-refractivity contribution is -0.177. The normalized spacial score (nSPS) is 46.0. The van der Waals surface area contributed by atoms with Crippen LogP contribution < -0.4 is 0 Å². The highest BCUT2D eigenvalue weighted by Gasteiger charge is 2.47. The lowest BCUT2D eigenvalue weighted by Crippen LogP contribution is -2.53. The first-order valence-corrected chi connectivity index (χ1v) is 4.19. The fraction of sp³-hybridized carbons (Fsp3) is 0.875. The van der Waals surface area contributed by atoms with E-state index in [1.54, 1.807) is 6.92 Å². The molecule has 1 aliphatic carbocycles. The Hall–Kier alpha value is -0.650. The first-order valence-electron chi connectivity index (χ1n) is 4.19. The average Bonchev–Trinajstić information content (AvgIpc) is 2.00. The standard InChI is InChI=1S/C8H14O5/c1-4-2-8(13,7(11)12)3-5(9)6(4)10/h4-6,9-10,13H,2-3H2,1H3,(H,11,12)/t4?,5?,6-,8+/m0/s1. The van der Waals surface area contributed by atoms with Gasteiger partial charge in [-0.1, -0.05) is 6.92 Å². The molecule has 2 unspecified atom stereocenters. The van der Waals surface area contributed by atoms with Crippen LogP contribution >= 0.6 is 0 Å².